The van der Waals surface area contributed by atoms with Gasteiger partial charge < -0.3 is 14.4 Å². The number of aromatic carboxylic acids is 1. The Kier molecular flexibility index (Phi) is 4.24. The molecule has 0 unspecified atom stereocenters. The summed E-state index contributed by atoms with van der Waals surface area (Å²) in [6, 6.07) is 14.8. The van der Waals surface area contributed by atoms with Gasteiger partial charge in [0.05, 0.1) is 18.2 Å². The van der Waals surface area contributed by atoms with Crippen molar-refractivity contribution in [2.45, 2.75) is 6.54 Å². The van der Waals surface area contributed by atoms with Gasteiger partial charge in [-0.25, -0.2) is 9.18 Å². The Morgan fingerprint density at radius 1 is 1.15 bits per heavy atom. The van der Waals surface area contributed by atoms with Gasteiger partial charge in [0.25, 0.3) is 0 Å². The lowest BCUT2D eigenvalue weighted by Crippen LogP contribution is -2.02. The molecule has 0 aliphatic rings. The van der Waals surface area contributed by atoms with Gasteiger partial charge in [-0.1, -0.05) is 23.7 Å². The number of methoxy groups -OCH3 is 1. The van der Waals surface area contributed by atoms with Crippen LogP contribution in [-0.2, 0) is 6.54 Å². The average Bonchev–Trinajstić information content (AvgIpc) is 2.96. The van der Waals surface area contributed by atoms with Crippen molar-refractivity contribution in [3.8, 4) is 5.75 Å². The van der Waals surface area contributed by atoms with Crippen LogP contribution in [0, 0.1) is 5.82 Å². The molecular formula is C21H15ClFNO3. The standard InChI is InChI=1S/C21H15ClFNO3/c1-27-18-9-7-15(21(25)26)19-16-10-13(22)4-8-17(16)24(20(18)19)11-12-2-5-14(23)6-3-12/h2-10H,11H2,1H3,(H,25,26). The number of halogens is 2. The Morgan fingerprint density at radius 3 is 2.56 bits per heavy atom. The zero-order chi connectivity index (χ0) is 19.1. The fourth-order valence-electron chi connectivity index (χ4n) is 3.46. The molecule has 136 valence electrons. The van der Waals surface area contributed by atoms with E-state index < -0.39 is 5.97 Å². The van der Waals surface area contributed by atoms with Gasteiger partial charge in [-0.15, -0.1) is 0 Å². The van der Waals surface area contributed by atoms with E-state index in [9.17, 15) is 14.3 Å². The Morgan fingerprint density at radius 2 is 1.89 bits per heavy atom. The molecule has 0 saturated heterocycles. The van der Waals surface area contributed by atoms with Crippen LogP contribution in [0.25, 0.3) is 21.8 Å². The first kappa shape index (κ1) is 17.4. The number of ether oxygens (including phenoxy) is 1. The van der Waals surface area contributed by atoms with E-state index in [-0.39, 0.29) is 11.4 Å². The van der Waals surface area contributed by atoms with Crippen molar-refractivity contribution in [1.29, 1.82) is 0 Å². The molecule has 0 radical (unpaired) electrons. The summed E-state index contributed by atoms with van der Waals surface area (Å²) < 4.78 is 20.8. The number of benzene rings is 3. The molecule has 6 heteroatoms. The van der Waals surface area contributed by atoms with Gasteiger partial charge in [0.15, 0.2) is 0 Å². The number of hydrogen-bond acceptors (Lipinski definition) is 2. The van der Waals surface area contributed by atoms with Gasteiger partial charge in [0, 0.05) is 27.9 Å². The van der Waals surface area contributed by atoms with Crippen LogP contribution in [0.2, 0.25) is 5.02 Å². The van der Waals surface area contributed by atoms with E-state index in [1.807, 2.05) is 10.6 Å². The van der Waals surface area contributed by atoms with E-state index in [0.29, 0.717) is 28.2 Å². The second kappa shape index (κ2) is 6.59. The van der Waals surface area contributed by atoms with Crippen LogP contribution in [0.4, 0.5) is 4.39 Å². The summed E-state index contributed by atoms with van der Waals surface area (Å²) in [5, 5.41) is 11.5. The zero-order valence-corrected chi connectivity index (χ0v) is 15.1. The number of carboxylic acids is 1. The molecular weight excluding hydrogens is 369 g/mol. The molecule has 0 amide bonds. The van der Waals surface area contributed by atoms with E-state index in [2.05, 4.69) is 0 Å². The van der Waals surface area contributed by atoms with E-state index in [0.717, 1.165) is 16.5 Å². The molecule has 4 rings (SSSR count). The third kappa shape index (κ3) is 2.90. The van der Waals surface area contributed by atoms with Gasteiger partial charge in [0.1, 0.15) is 11.6 Å². The Labute approximate surface area is 159 Å². The second-order valence-electron chi connectivity index (χ2n) is 6.22. The van der Waals surface area contributed by atoms with E-state index in [1.165, 1.54) is 18.2 Å². The van der Waals surface area contributed by atoms with Gasteiger partial charge in [-0.05, 0) is 48.0 Å². The highest BCUT2D eigenvalue weighted by Gasteiger charge is 2.21. The highest BCUT2D eigenvalue weighted by atomic mass is 35.5. The number of hydrogen-bond donors (Lipinski definition) is 1. The van der Waals surface area contributed by atoms with Gasteiger partial charge in [0.2, 0.25) is 0 Å². The maximum atomic E-state index is 13.3. The number of carboxylic acid groups (broad SMARTS) is 1. The minimum Gasteiger partial charge on any atom is -0.495 e. The molecule has 0 saturated carbocycles. The predicted molar refractivity (Wildman–Crippen MR) is 103 cm³/mol. The highest BCUT2D eigenvalue weighted by Crippen LogP contribution is 2.38. The summed E-state index contributed by atoms with van der Waals surface area (Å²) in [7, 11) is 1.54. The minimum atomic E-state index is -1.02. The lowest BCUT2D eigenvalue weighted by Gasteiger charge is -2.11. The molecule has 0 fully saturated rings. The lowest BCUT2D eigenvalue weighted by atomic mass is 10.1. The number of aromatic nitrogens is 1. The molecule has 0 bridgehead atoms. The first-order chi connectivity index (χ1) is 13.0. The van der Waals surface area contributed by atoms with Crippen molar-refractivity contribution >= 4 is 39.4 Å². The Hall–Kier alpha value is -3.05. The molecule has 0 aliphatic carbocycles. The van der Waals surface area contributed by atoms with Crippen LogP contribution in [0.1, 0.15) is 15.9 Å². The lowest BCUT2D eigenvalue weighted by molar-refractivity contribution is 0.0699. The molecule has 27 heavy (non-hydrogen) atoms. The number of rotatable bonds is 4. The van der Waals surface area contributed by atoms with Crippen molar-refractivity contribution in [3.05, 3.63) is 76.6 Å². The van der Waals surface area contributed by atoms with Gasteiger partial charge in [-0.3, -0.25) is 0 Å². The molecule has 0 spiro atoms. The predicted octanol–water partition coefficient (Wildman–Crippen LogP) is 5.34. The summed E-state index contributed by atoms with van der Waals surface area (Å²) in [6.07, 6.45) is 0. The van der Waals surface area contributed by atoms with E-state index in [4.69, 9.17) is 16.3 Å². The first-order valence-corrected chi connectivity index (χ1v) is 8.63. The maximum absolute atomic E-state index is 13.3. The number of carbonyl (C=O) groups is 1. The summed E-state index contributed by atoms with van der Waals surface area (Å²) in [6.45, 7) is 0.432. The largest absolute Gasteiger partial charge is 0.495 e. The van der Waals surface area contributed by atoms with E-state index in [1.54, 1.807) is 37.4 Å². The van der Waals surface area contributed by atoms with Crippen molar-refractivity contribution in [2.75, 3.05) is 7.11 Å². The SMILES string of the molecule is COc1ccc(C(=O)O)c2c3cc(Cl)ccc3n(Cc3ccc(F)cc3)c12. The summed E-state index contributed by atoms with van der Waals surface area (Å²) in [5.41, 5.74) is 2.55. The fourth-order valence-corrected chi connectivity index (χ4v) is 3.63. The second-order valence-corrected chi connectivity index (χ2v) is 6.65. The number of fused-ring (bicyclic) bond motifs is 3. The van der Waals surface area contributed by atoms with Gasteiger partial charge in [-0.2, -0.15) is 0 Å². The normalized spacial score (nSPS) is 11.2. The third-order valence-corrected chi connectivity index (χ3v) is 4.87. The Balaban J connectivity index is 2.10. The van der Waals surface area contributed by atoms with Crippen LogP contribution in [0.5, 0.6) is 5.75 Å². The quantitative estimate of drug-likeness (QED) is 0.517. The van der Waals surface area contributed by atoms with Crippen molar-refractivity contribution < 1.29 is 19.0 Å². The van der Waals surface area contributed by atoms with Gasteiger partial charge >= 0.3 is 5.97 Å². The molecule has 0 aliphatic heterocycles. The van der Waals surface area contributed by atoms with Crippen LogP contribution in [-0.4, -0.2) is 22.8 Å². The molecule has 0 atom stereocenters. The average molecular weight is 384 g/mol. The highest BCUT2D eigenvalue weighted by molar-refractivity contribution is 6.32. The summed E-state index contributed by atoms with van der Waals surface area (Å²) >= 11 is 6.18. The maximum Gasteiger partial charge on any atom is 0.336 e. The first-order valence-electron chi connectivity index (χ1n) is 8.26. The molecule has 1 aromatic heterocycles. The molecule has 3 aromatic carbocycles. The topological polar surface area (TPSA) is 51.5 Å². The fraction of sp³-hybridized carbons (Fsp3) is 0.0952. The molecule has 1 N–H and O–H groups in total. The van der Waals surface area contributed by atoms with E-state index >= 15 is 0 Å². The van der Waals surface area contributed by atoms with Crippen LogP contribution < -0.4 is 4.74 Å². The Bertz CT molecular complexity index is 1180. The van der Waals surface area contributed by atoms with Crippen LogP contribution >= 0.6 is 11.6 Å². The molecule has 4 nitrogen and oxygen atoms in total. The van der Waals surface area contributed by atoms with Crippen LogP contribution in [0.15, 0.2) is 54.6 Å². The van der Waals surface area contributed by atoms with Crippen molar-refractivity contribution in [2.24, 2.45) is 0 Å². The minimum absolute atomic E-state index is 0.177. The number of nitrogens with zero attached hydrogens (tertiary/aromatic N) is 1. The van der Waals surface area contributed by atoms with Crippen molar-refractivity contribution in [1.82, 2.24) is 4.57 Å². The summed E-state index contributed by atoms with van der Waals surface area (Å²) in [5.74, 6) is -0.772. The molecule has 1 heterocycles. The third-order valence-electron chi connectivity index (χ3n) is 4.63. The smallest absolute Gasteiger partial charge is 0.336 e. The monoisotopic (exact) mass is 383 g/mol. The summed E-state index contributed by atoms with van der Waals surface area (Å²) in [4.78, 5) is 11.8. The zero-order valence-electron chi connectivity index (χ0n) is 14.4. The van der Waals surface area contributed by atoms with Crippen LogP contribution in [0.3, 0.4) is 0 Å². The van der Waals surface area contributed by atoms with Crippen molar-refractivity contribution in [3.63, 3.8) is 0 Å². The molecule has 4 aromatic rings.